The molecule has 0 bridgehead atoms. The largest absolute Gasteiger partial charge is 0.489 e. The van der Waals surface area contributed by atoms with E-state index in [0.29, 0.717) is 5.56 Å². The molecule has 3 heteroatoms. The molecule has 2 rings (SSSR count). The molecule has 0 aliphatic heterocycles. The van der Waals surface area contributed by atoms with Crippen LogP contribution in [0.2, 0.25) is 0 Å². The quantitative estimate of drug-likeness (QED) is 0.767. The molecule has 0 saturated heterocycles. The molecular weight excluding hydrogens is 292 g/mol. The summed E-state index contributed by atoms with van der Waals surface area (Å²) in [6.07, 6.45) is 5.83. The molecule has 2 nitrogen and oxygen atoms in total. The number of rotatable bonds is 3. The Bertz CT molecular complexity index is 442. The summed E-state index contributed by atoms with van der Waals surface area (Å²) in [6, 6.07) is 3.82. The Hall–Kier alpha value is -0.830. The first-order valence-electron chi connectivity index (χ1n) is 6.52. The van der Waals surface area contributed by atoms with Crippen molar-refractivity contribution in [2.24, 2.45) is 5.92 Å². The molecule has 0 aromatic heterocycles. The molecule has 0 heterocycles. The third-order valence-electron chi connectivity index (χ3n) is 3.57. The van der Waals surface area contributed by atoms with E-state index in [-0.39, 0.29) is 6.10 Å². The van der Waals surface area contributed by atoms with Gasteiger partial charge < -0.3 is 4.74 Å². The summed E-state index contributed by atoms with van der Waals surface area (Å²) in [6.45, 7) is 4.25. The minimum Gasteiger partial charge on any atom is -0.489 e. The van der Waals surface area contributed by atoms with Crippen molar-refractivity contribution < 1.29 is 9.53 Å². The van der Waals surface area contributed by atoms with E-state index in [9.17, 15) is 4.79 Å². The lowest BCUT2D eigenvalue weighted by Crippen LogP contribution is -2.24. The third-order valence-corrected chi connectivity index (χ3v) is 4.03. The number of carbonyl (C=O) groups is 1. The maximum atomic E-state index is 11.1. The first kappa shape index (κ1) is 13.6. The molecule has 0 spiro atoms. The van der Waals surface area contributed by atoms with Crippen LogP contribution in [-0.2, 0) is 0 Å². The van der Waals surface area contributed by atoms with Crippen molar-refractivity contribution in [3.63, 3.8) is 0 Å². The van der Waals surface area contributed by atoms with Crippen LogP contribution in [0, 0.1) is 12.8 Å². The number of aldehydes is 1. The molecule has 18 heavy (non-hydrogen) atoms. The minimum atomic E-state index is 0.257. The standard InChI is InChI=1S/C15H19BrO2/c1-10-4-3-5-14(6-10)18-15-11(2)7-13(16)8-12(15)9-17/h7-10,14H,3-6H2,1-2H3. The van der Waals surface area contributed by atoms with Crippen molar-refractivity contribution in [2.45, 2.75) is 45.6 Å². The second-order valence-corrected chi connectivity index (χ2v) is 6.19. The van der Waals surface area contributed by atoms with Gasteiger partial charge in [0.2, 0.25) is 0 Å². The van der Waals surface area contributed by atoms with Gasteiger partial charge in [-0.25, -0.2) is 0 Å². The van der Waals surface area contributed by atoms with Crippen molar-refractivity contribution >= 4 is 22.2 Å². The van der Waals surface area contributed by atoms with Gasteiger partial charge in [-0.1, -0.05) is 29.3 Å². The molecule has 0 radical (unpaired) electrons. The Kier molecular flexibility index (Phi) is 4.44. The van der Waals surface area contributed by atoms with Gasteiger partial charge in [0.15, 0.2) is 6.29 Å². The highest BCUT2D eigenvalue weighted by molar-refractivity contribution is 9.10. The number of aryl methyl sites for hydroxylation is 1. The molecule has 2 atom stereocenters. The normalized spacial score (nSPS) is 23.7. The Labute approximate surface area is 117 Å². The van der Waals surface area contributed by atoms with Gasteiger partial charge in [-0.2, -0.15) is 0 Å². The minimum absolute atomic E-state index is 0.257. The van der Waals surface area contributed by atoms with E-state index in [1.165, 1.54) is 12.8 Å². The SMILES string of the molecule is Cc1cc(Br)cc(C=O)c1OC1CCCC(C)C1. The molecule has 1 saturated carbocycles. The molecule has 1 aliphatic carbocycles. The van der Waals surface area contributed by atoms with Crippen molar-refractivity contribution in [3.8, 4) is 5.75 Å². The van der Waals surface area contributed by atoms with Gasteiger partial charge in [0.05, 0.1) is 11.7 Å². The van der Waals surface area contributed by atoms with Crippen LogP contribution in [0.15, 0.2) is 16.6 Å². The van der Waals surface area contributed by atoms with Crippen LogP contribution < -0.4 is 4.74 Å². The Morgan fingerprint density at radius 3 is 2.83 bits per heavy atom. The lowest BCUT2D eigenvalue weighted by atomic mass is 9.88. The van der Waals surface area contributed by atoms with Gasteiger partial charge in [0.1, 0.15) is 5.75 Å². The molecule has 1 fully saturated rings. The fourth-order valence-electron chi connectivity index (χ4n) is 2.66. The van der Waals surface area contributed by atoms with Crippen LogP contribution in [0.1, 0.15) is 48.5 Å². The summed E-state index contributed by atoms with van der Waals surface area (Å²) in [5.41, 5.74) is 1.66. The molecular formula is C15H19BrO2. The highest BCUT2D eigenvalue weighted by atomic mass is 79.9. The molecule has 98 valence electrons. The number of ether oxygens (including phenoxy) is 1. The summed E-state index contributed by atoms with van der Waals surface area (Å²) < 4.78 is 7.00. The predicted octanol–water partition coefficient (Wildman–Crippen LogP) is 4.53. The highest BCUT2D eigenvalue weighted by Gasteiger charge is 2.22. The Morgan fingerprint density at radius 1 is 1.39 bits per heavy atom. The summed E-state index contributed by atoms with van der Waals surface area (Å²) in [4.78, 5) is 11.1. The maximum absolute atomic E-state index is 11.1. The highest BCUT2D eigenvalue weighted by Crippen LogP contribution is 2.32. The van der Waals surface area contributed by atoms with Crippen molar-refractivity contribution in [3.05, 3.63) is 27.7 Å². The summed E-state index contributed by atoms with van der Waals surface area (Å²) in [7, 11) is 0. The second kappa shape index (κ2) is 5.87. The van der Waals surface area contributed by atoms with Crippen LogP contribution in [0.5, 0.6) is 5.75 Å². The van der Waals surface area contributed by atoms with Crippen molar-refractivity contribution in [2.75, 3.05) is 0 Å². The van der Waals surface area contributed by atoms with E-state index in [0.717, 1.165) is 40.8 Å². The molecule has 0 amide bonds. The Morgan fingerprint density at radius 2 is 2.17 bits per heavy atom. The zero-order valence-corrected chi connectivity index (χ0v) is 12.5. The fraction of sp³-hybridized carbons (Fsp3) is 0.533. The molecule has 1 aromatic carbocycles. The maximum Gasteiger partial charge on any atom is 0.153 e. The van der Waals surface area contributed by atoms with Crippen molar-refractivity contribution in [1.29, 1.82) is 0 Å². The Balaban J connectivity index is 2.20. The second-order valence-electron chi connectivity index (χ2n) is 5.27. The topological polar surface area (TPSA) is 26.3 Å². The molecule has 1 aliphatic rings. The molecule has 0 N–H and O–H groups in total. The average Bonchev–Trinajstić information content (AvgIpc) is 2.32. The average molecular weight is 311 g/mol. The number of carbonyl (C=O) groups excluding carboxylic acids is 1. The monoisotopic (exact) mass is 310 g/mol. The third kappa shape index (κ3) is 3.14. The molecule has 1 aromatic rings. The zero-order valence-electron chi connectivity index (χ0n) is 10.9. The number of benzene rings is 1. The lowest BCUT2D eigenvalue weighted by Gasteiger charge is -2.28. The summed E-state index contributed by atoms with van der Waals surface area (Å²) >= 11 is 3.41. The van der Waals surface area contributed by atoms with Crippen LogP contribution >= 0.6 is 15.9 Å². The summed E-state index contributed by atoms with van der Waals surface area (Å²) in [5.74, 6) is 1.48. The van der Waals surface area contributed by atoms with E-state index in [1.54, 1.807) is 0 Å². The van der Waals surface area contributed by atoms with Crippen LogP contribution in [0.4, 0.5) is 0 Å². The summed E-state index contributed by atoms with van der Waals surface area (Å²) in [5, 5.41) is 0. The first-order chi connectivity index (χ1) is 8.60. The lowest BCUT2D eigenvalue weighted by molar-refractivity contribution is 0.109. The van der Waals surface area contributed by atoms with Gasteiger partial charge in [-0.05, 0) is 49.8 Å². The number of halogens is 1. The smallest absolute Gasteiger partial charge is 0.153 e. The van der Waals surface area contributed by atoms with Gasteiger partial charge in [0.25, 0.3) is 0 Å². The van der Waals surface area contributed by atoms with E-state index in [4.69, 9.17) is 4.74 Å². The van der Waals surface area contributed by atoms with Gasteiger partial charge >= 0.3 is 0 Å². The molecule has 2 unspecified atom stereocenters. The van der Waals surface area contributed by atoms with Gasteiger partial charge in [0, 0.05) is 4.47 Å². The van der Waals surface area contributed by atoms with E-state index in [2.05, 4.69) is 22.9 Å². The van der Waals surface area contributed by atoms with E-state index in [1.807, 2.05) is 19.1 Å². The first-order valence-corrected chi connectivity index (χ1v) is 7.31. The fourth-order valence-corrected chi connectivity index (χ4v) is 3.25. The number of hydrogen-bond acceptors (Lipinski definition) is 2. The van der Waals surface area contributed by atoms with Crippen LogP contribution in [0.25, 0.3) is 0 Å². The zero-order chi connectivity index (χ0) is 13.1. The van der Waals surface area contributed by atoms with Crippen LogP contribution in [0.3, 0.4) is 0 Å². The van der Waals surface area contributed by atoms with Crippen LogP contribution in [-0.4, -0.2) is 12.4 Å². The van der Waals surface area contributed by atoms with Gasteiger partial charge in [-0.3, -0.25) is 4.79 Å². The van der Waals surface area contributed by atoms with E-state index < -0.39 is 0 Å². The van der Waals surface area contributed by atoms with Crippen molar-refractivity contribution in [1.82, 2.24) is 0 Å². The predicted molar refractivity (Wildman–Crippen MR) is 76.3 cm³/mol. The van der Waals surface area contributed by atoms with Gasteiger partial charge in [-0.15, -0.1) is 0 Å². The number of hydrogen-bond donors (Lipinski definition) is 0. The van der Waals surface area contributed by atoms with E-state index >= 15 is 0 Å².